The van der Waals surface area contributed by atoms with Crippen molar-refractivity contribution in [1.82, 2.24) is 20.2 Å². The summed E-state index contributed by atoms with van der Waals surface area (Å²) in [7, 11) is 0. The molecule has 1 fully saturated rings. The molecule has 0 saturated carbocycles. The van der Waals surface area contributed by atoms with Gasteiger partial charge in [0.05, 0.1) is 12.6 Å². The highest BCUT2D eigenvalue weighted by molar-refractivity contribution is 5.99. The van der Waals surface area contributed by atoms with Gasteiger partial charge in [-0.2, -0.15) is 8.78 Å². The van der Waals surface area contributed by atoms with Crippen molar-refractivity contribution in [2.24, 2.45) is 0 Å². The van der Waals surface area contributed by atoms with Crippen LogP contribution in [0.3, 0.4) is 0 Å². The van der Waals surface area contributed by atoms with Crippen LogP contribution in [-0.4, -0.2) is 38.6 Å². The predicted octanol–water partition coefficient (Wildman–Crippen LogP) is 5.02. The SMILES string of the molecule is O=C1c2cc(-c3nnc(C(F)F)o3)ccc2CN1N1CCC(F)(F)CC1c1ccccc1. The molecular weight excluding hydrogens is 428 g/mol. The maximum Gasteiger partial charge on any atom is 0.314 e. The number of aromatic nitrogens is 2. The topological polar surface area (TPSA) is 62.5 Å². The van der Waals surface area contributed by atoms with Gasteiger partial charge in [0.15, 0.2) is 0 Å². The van der Waals surface area contributed by atoms with Gasteiger partial charge in [-0.05, 0) is 23.3 Å². The van der Waals surface area contributed by atoms with E-state index in [-0.39, 0.29) is 37.7 Å². The minimum absolute atomic E-state index is 0.0283. The molecule has 166 valence electrons. The average molecular weight is 446 g/mol. The van der Waals surface area contributed by atoms with E-state index in [1.807, 2.05) is 6.07 Å². The van der Waals surface area contributed by atoms with Crippen molar-refractivity contribution in [3.63, 3.8) is 0 Å². The molecule has 1 atom stereocenters. The summed E-state index contributed by atoms with van der Waals surface area (Å²) < 4.78 is 59.0. The summed E-state index contributed by atoms with van der Waals surface area (Å²) in [6.07, 6.45) is -3.63. The van der Waals surface area contributed by atoms with Gasteiger partial charge in [-0.1, -0.05) is 36.4 Å². The van der Waals surface area contributed by atoms with Gasteiger partial charge < -0.3 is 4.42 Å². The lowest BCUT2D eigenvalue weighted by molar-refractivity contribution is -0.136. The molecule has 2 aliphatic heterocycles. The molecule has 0 bridgehead atoms. The molecule has 1 saturated heterocycles. The van der Waals surface area contributed by atoms with Gasteiger partial charge >= 0.3 is 6.43 Å². The second-order valence-electron chi connectivity index (χ2n) is 7.88. The predicted molar refractivity (Wildman–Crippen MR) is 105 cm³/mol. The number of carbonyl (C=O) groups is 1. The number of benzene rings is 2. The highest BCUT2D eigenvalue weighted by Crippen LogP contribution is 2.42. The zero-order valence-electron chi connectivity index (χ0n) is 16.7. The number of amides is 1. The Bertz CT molecular complexity index is 1150. The van der Waals surface area contributed by atoms with Crippen molar-refractivity contribution >= 4 is 5.91 Å². The first kappa shape index (κ1) is 20.6. The second-order valence-corrected chi connectivity index (χ2v) is 7.88. The van der Waals surface area contributed by atoms with Crippen molar-refractivity contribution in [3.8, 4) is 11.5 Å². The lowest BCUT2D eigenvalue weighted by atomic mass is 9.94. The third-order valence-electron chi connectivity index (χ3n) is 5.82. The summed E-state index contributed by atoms with van der Waals surface area (Å²) in [6.45, 7) is 0.260. The minimum atomic E-state index is -2.89. The number of rotatable bonds is 4. The summed E-state index contributed by atoms with van der Waals surface area (Å²) in [6, 6.07) is 13.1. The number of carbonyl (C=O) groups excluding carboxylic acids is 1. The number of alkyl halides is 4. The molecule has 10 heteroatoms. The molecule has 32 heavy (non-hydrogen) atoms. The number of hydrogen-bond acceptors (Lipinski definition) is 5. The van der Waals surface area contributed by atoms with Crippen LogP contribution in [0.15, 0.2) is 52.9 Å². The Hall–Kier alpha value is -3.27. The van der Waals surface area contributed by atoms with Crippen LogP contribution in [0.1, 0.15) is 52.7 Å². The molecule has 1 unspecified atom stereocenters. The van der Waals surface area contributed by atoms with Crippen LogP contribution in [-0.2, 0) is 6.54 Å². The summed E-state index contributed by atoms with van der Waals surface area (Å²) in [5.41, 5.74) is 2.10. The molecular formula is C22H18F4N4O2. The number of fused-ring (bicyclic) bond motifs is 1. The average Bonchev–Trinajstić information content (AvgIpc) is 3.39. The molecule has 2 aromatic carbocycles. The monoisotopic (exact) mass is 446 g/mol. The Morgan fingerprint density at radius 2 is 1.88 bits per heavy atom. The fraction of sp³-hybridized carbons (Fsp3) is 0.318. The van der Waals surface area contributed by atoms with Crippen LogP contribution in [0.25, 0.3) is 11.5 Å². The van der Waals surface area contributed by atoms with E-state index in [0.717, 1.165) is 0 Å². The van der Waals surface area contributed by atoms with Gasteiger partial charge in [-0.3, -0.25) is 9.80 Å². The Labute approximate surface area is 180 Å². The normalized spacial score (nSPS) is 20.7. The lowest BCUT2D eigenvalue weighted by Gasteiger charge is -2.43. The largest absolute Gasteiger partial charge is 0.415 e. The molecule has 2 aliphatic rings. The molecule has 5 rings (SSSR count). The van der Waals surface area contributed by atoms with Crippen LogP contribution in [0, 0.1) is 0 Å². The molecule has 1 aromatic heterocycles. The lowest BCUT2D eigenvalue weighted by Crippen LogP contribution is -2.51. The van der Waals surface area contributed by atoms with Gasteiger partial charge in [-0.15, -0.1) is 10.2 Å². The van der Waals surface area contributed by atoms with Gasteiger partial charge in [0.2, 0.25) is 5.89 Å². The smallest absolute Gasteiger partial charge is 0.314 e. The maximum absolute atomic E-state index is 14.3. The van der Waals surface area contributed by atoms with Crippen LogP contribution in [0.4, 0.5) is 17.6 Å². The number of halogens is 4. The van der Waals surface area contributed by atoms with Crippen molar-refractivity contribution in [2.75, 3.05) is 6.54 Å². The summed E-state index contributed by atoms with van der Waals surface area (Å²) in [5, 5.41) is 10.1. The van der Waals surface area contributed by atoms with E-state index in [0.29, 0.717) is 22.3 Å². The Balaban J connectivity index is 1.44. The van der Waals surface area contributed by atoms with E-state index in [4.69, 9.17) is 4.42 Å². The van der Waals surface area contributed by atoms with Gasteiger partial charge in [0, 0.05) is 30.5 Å². The third-order valence-corrected chi connectivity index (χ3v) is 5.82. The minimum Gasteiger partial charge on any atom is -0.415 e. The molecule has 0 aliphatic carbocycles. The van der Waals surface area contributed by atoms with Crippen molar-refractivity contribution < 1.29 is 26.8 Å². The molecule has 6 nitrogen and oxygen atoms in total. The van der Waals surface area contributed by atoms with Crippen molar-refractivity contribution in [3.05, 3.63) is 71.1 Å². The first-order chi connectivity index (χ1) is 15.3. The van der Waals surface area contributed by atoms with E-state index in [2.05, 4.69) is 10.2 Å². The maximum atomic E-state index is 14.3. The van der Waals surface area contributed by atoms with Crippen LogP contribution in [0.2, 0.25) is 0 Å². The third kappa shape index (κ3) is 3.64. The highest BCUT2D eigenvalue weighted by Gasteiger charge is 2.45. The fourth-order valence-corrected chi connectivity index (χ4v) is 4.24. The van der Waals surface area contributed by atoms with E-state index in [1.54, 1.807) is 41.4 Å². The number of hydrazine groups is 1. The Kier molecular flexibility index (Phi) is 4.96. The van der Waals surface area contributed by atoms with E-state index >= 15 is 0 Å². The Morgan fingerprint density at radius 3 is 2.59 bits per heavy atom. The summed E-state index contributed by atoms with van der Waals surface area (Å²) in [4.78, 5) is 13.2. The standard InChI is InChI=1S/C22H18F4N4O2/c23-18(24)20-28-27-19(32-20)14-6-7-15-12-30(21(31)16(15)10-14)29-9-8-22(25,26)11-17(29)13-4-2-1-3-5-13/h1-7,10,17-18H,8-9,11-12H2. The summed E-state index contributed by atoms with van der Waals surface area (Å²) in [5.74, 6) is -4.08. The number of nitrogens with zero attached hydrogens (tertiary/aromatic N) is 4. The zero-order chi connectivity index (χ0) is 22.5. The highest BCUT2D eigenvalue weighted by atomic mass is 19.3. The molecule has 0 spiro atoms. The van der Waals surface area contributed by atoms with E-state index in [1.165, 1.54) is 11.1 Å². The second kappa shape index (κ2) is 7.70. The molecule has 3 heterocycles. The van der Waals surface area contributed by atoms with Crippen LogP contribution < -0.4 is 0 Å². The van der Waals surface area contributed by atoms with E-state index < -0.39 is 24.3 Å². The van der Waals surface area contributed by atoms with Crippen molar-refractivity contribution in [1.29, 1.82) is 0 Å². The van der Waals surface area contributed by atoms with Gasteiger partial charge in [0.1, 0.15) is 0 Å². The fourth-order valence-electron chi connectivity index (χ4n) is 4.24. The van der Waals surface area contributed by atoms with Crippen molar-refractivity contribution in [2.45, 2.75) is 37.8 Å². The quantitative estimate of drug-likeness (QED) is 0.527. The molecule has 0 radical (unpaired) electrons. The first-order valence-corrected chi connectivity index (χ1v) is 10.1. The van der Waals surface area contributed by atoms with E-state index in [9.17, 15) is 22.4 Å². The van der Waals surface area contributed by atoms with Crippen LogP contribution >= 0.6 is 0 Å². The van der Waals surface area contributed by atoms with Gasteiger partial charge in [-0.25, -0.2) is 13.8 Å². The molecule has 3 aromatic rings. The molecule has 1 amide bonds. The first-order valence-electron chi connectivity index (χ1n) is 10.1. The van der Waals surface area contributed by atoms with Crippen LogP contribution in [0.5, 0.6) is 0 Å². The Morgan fingerprint density at radius 1 is 1.09 bits per heavy atom. The number of hydrogen-bond donors (Lipinski definition) is 0. The molecule has 0 N–H and O–H groups in total. The van der Waals surface area contributed by atoms with Gasteiger partial charge in [0.25, 0.3) is 17.7 Å². The zero-order valence-corrected chi connectivity index (χ0v) is 16.7. The number of piperidine rings is 1. The summed E-state index contributed by atoms with van der Waals surface area (Å²) >= 11 is 0.